The summed E-state index contributed by atoms with van der Waals surface area (Å²) in [6, 6.07) is 12.0. The van der Waals surface area contributed by atoms with E-state index in [-0.39, 0.29) is 23.3 Å². The Morgan fingerprint density at radius 1 is 1.03 bits per heavy atom. The normalized spacial score (nSPS) is 18.1. The van der Waals surface area contributed by atoms with Crippen molar-refractivity contribution in [1.82, 2.24) is 19.8 Å². The molecule has 2 amide bonds. The predicted octanol–water partition coefficient (Wildman–Crippen LogP) is 2.93. The van der Waals surface area contributed by atoms with E-state index in [0.717, 1.165) is 62.0 Å². The Kier molecular flexibility index (Phi) is 7.97. The van der Waals surface area contributed by atoms with Gasteiger partial charge in [-0.1, -0.05) is 44.0 Å². The summed E-state index contributed by atoms with van der Waals surface area (Å²) in [5.74, 6) is -0.667. The maximum atomic E-state index is 13.0. The van der Waals surface area contributed by atoms with Crippen molar-refractivity contribution in [3.63, 3.8) is 0 Å². The van der Waals surface area contributed by atoms with Gasteiger partial charge in [-0.3, -0.25) is 19.3 Å². The molecule has 9 heteroatoms. The number of carbonyl (C=O) groups excluding carboxylic acids is 2. The lowest BCUT2D eigenvalue weighted by atomic mass is 10.0. The van der Waals surface area contributed by atoms with Gasteiger partial charge < -0.3 is 21.4 Å². The van der Waals surface area contributed by atoms with E-state index in [1.165, 1.54) is 6.42 Å². The van der Waals surface area contributed by atoms with Crippen LogP contribution in [-0.2, 0) is 17.6 Å². The zero-order chi connectivity index (χ0) is 27.5. The molecule has 1 unspecified atom stereocenters. The summed E-state index contributed by atoms with van der Waals surface area (Å²) in [4.78, 5) is 44.9. The summed E-state index contributed by atoms with van der Waals surface area (Å²) in [5.41, 5.74) is 14.6. The van der Waals surface area contributed by atoms with Crippen LogP contribution in [0.4, 0.5) is 5.82 Å². The number of amides is 2. The van der Waals surface area contributed by atoms with Gasteiger partial charge in [0.25, 0.3) is 5.91 Å². The first-order valence-electron chi connectivity index (χ1n) is 14.1. The Morgan fingerprint density at radius 3 is 2.44 bits per heavy atom. The molecule has 0 radical (unpaired) electrons. The van der Waals surface area contributed by atoms with Gasteiger partial charge in [0.05, 0.1) is 11.8 Å². The molecule has 206 valence electrons. The standard InChI is InChI=1S/C30H38N6O3/c1-2-35-15-5-8-23(35)18-33-25(37)17-20-11-9-19(10-12-20)16-21-13-14-24-27(38)26(29(32)39)28(31)36(30(24)34-21)22-6-3-4-7-22/h9-14,22-23H,2-8,15-18,31H2,1H3,(H2,32,39)(H,33,37). The Morgan fingerprint density at radius 2 is 1.74 bits per heavy atom. The lowest BCUT2D eigenvalue weighted by Gasteiger charge is -2.22. The van der Waals surface area contributed by atoms with Crippen LogP contribution >= 0.6 is 0 Å². The molecule has 0 bridgehead atoms. The second-order valence-corrected chi connectivity index (χ2v) is 10.8. The molecule has 2 aromatic heterocycles. The van der Waals surface area contributed by atoms with Crippen molar-refractivity contribution in [3.8, 4) is 0 Å². The van der Waals surface area contributed by atoms with Crippen molar-refractivity contribution < 1.29 is 9.59 Å². The number of hydrogen-bond acceptors (Lipinski definition) is 6. The number of aromatic nitrogens is 2. The van der Waals surface area contributed by atoms with Crippen molar-refractivity contribution in [1.29, 1.82) is 0 Å². The van der Waals surface area contributed by atoms with E-state index in [9.17, 15) is 14.4 Å². The van der Waals surface area contributed by atoms with E-state index >= 15 is 0 Å². The number of anilines is 1. The number of carbonyl (C=O) groups is 2. The Bertz CT molecular complexity index is 1430. The predicted molar refractivity (Wildman–Crippen MR) is 153 cm³/mol. The number of nitrogens with one attached hydrogen (secondary N) is 1. The largest absolute Gasteiger partial charge is 0.384 e. The molecule has 1 saturated carbocycles. The third kappa shape index (κ3) is 5.68. The van der Waals surface area contributed by atoms with Crippen LogP contribution in [0, 0.1) is 0 Å². The minimum Gasteiger partial charge on any atom is -0.384 e. The highest BCUT2D eigenvalue weighted by Crippen LogP contribution is 2.34. The zero-order valence-corrected chi connectivity index (χ0v) is 22.6. The van der Waals surface area contributed by atoms with Gasteiger partial charge in [0.2, 0.25) is 11.3 Å². The molecule has 1 saturated heterocycles. The van der Waals surface area contributed by atoms with E-state index in [1.807, 2.05) is 34.9 Å². The van der Waals surface area contributed by atoms with Crippen LogP contribution in [0.5, 0.6) is 0 Å². The van der Waals surface area contributed by atoms with Crippen molar-refractivity contribution in [2.75, 3.05) is 25.4 Å². The maximum Gasteiger partial charge on any atom is 0.256 e. The average molecular weight is 531 g/mol. The van der Waals surface area contributed by atoms with Crippen molar-refractivity contribution in [2.45, 2.75) is 70.4 Å². The van der Waals surface area contributed by atoms with Gasteiger partial charge in [0.15, 0.2) is 0 Å². The topological polar surface area (TPSA) is 136 Å². The fourth-order valence-corrected chi connectivity index (χ4v) is 6.21. The van der Waals surface area contributed by atoms with Crippen molar-refractivity contribution in [2.24, 2.45) is 5.73 Å². The molecule has 1 aromatic carbocycles. The highest BCUT2D eigenvalue weighted by molar-refractivity contribution is 6.00. The molecule has 2 aliphatic rings. The number of likely N-dealkylation sites (N-methyl/N-ethyl adjacent to an activating group) is 1. The Labute approximate surface area is 228 Å². The van der Waals surface area contributed by atoms with Crippen LogP contribution in [0.2, 0.25) is 0 Å². The van der Waals surface area contributed by atoms with E-state index in [2.05, 4.69) is 17.1 Å². The highest BCUT2D eigenvalue weighted by Gasteiger charge is 2.26. The molecular formula is C30H38N6O3. The van der Waals surface area contributed by atoms with Gasteiger partial charge in [-0.05, 0) is 62.0 Å². The molecule has 1 aliphatic heterocycles. The third-order valence-corrected chi connectivity index (χ3v) is 8.30. The van der Waals surface area contributed by atoms with Gasteiger partial charge in [-0.25, -0.2) is 4.98 Å². The number of pyridine rings is 2. The Hall–Kier alpha value is -3.72. The molecule has 0 spiro atoms. The first-order valence-corrected chi connectivity index (χ1v) is 14.1. The lowest BCUT2D eigenvalue weighted by Crippen LogP contribution is -2.40. The Balaban J connectivity index is 1.31. The number of nitrogens with two attached hydrogens (primary N) is 2. The van der Waals surface area contributed by atoms with Gasteiger partial charge in [0, 0.05) is 30.7 Å². The molecule has 2 fully saturated rings. The molecule has 1 atom stereocenters. The third-order valence-electron chi connectivity index (χ3n) is 8.30. The number of likely N-dealkylation sites (tertiary alicyclic amines) is 1. The molecule has 3 aromatic rings. The molecule has 5 rings (SSSR count). The van der Waals surface area contributed by atoms with Gasteiger partial charge >= 0.3 is 0 Å². The lowest BCUT2D eigenvalue weighted by molar-refractivity contribution is -0.120. The van der Waals surface area contributed by atoms with Gasteiger partial charge in [-0.2, -0.15) is 0 Å². The number of hydrogen-bond donors (Lipinski definition) is 3. The first-order chi connectivity index (χ1) is 18.9. The van der Waals surface area contributed by atoms with Crippen LogP contribution in [0.25, 0.3) is 11.0 Å². The first kappa shape index (κ1) is 26.9. The van der Waals surface area contributed by atoms with Crippen LogP contribution in [0.15, 0.2) is 41.2 Å². The van der Waals surface area contributed by atoms with E-state index in [4.69, 9.17) is 16.5 Å². The number of nitrogens with zero attached hydrogens (tertiary/aromatic N) is 3. The van der Waals surface area contributed by atoms with Crippen molar-refractivity contribution >= 4 is 28.7 Å². The maximum absolute atomic E-state index is 13.0. The number of nitrogen functional groups attached to an aromatic ring is 1. The fraction of sp³-hybridized carbons (Fsp3) is 0.467. The summed E-state index contributed by atoms with van der Waals surface area (Å²) < 4.78 is 1.85. The second-order valence-electron chi connectivity index (χ2n) is 10.8. The molecule has 5 N–H and O–H groups in total. The average Bonchev–Trinajstić information content (AvgIpc) is 3.61. The highest BCUT2D eigenvalue weighted by atomic mass is 16.2. The summed E-state index contributed by atoms with van der Waals surface area (Å²) in [6.07, 6.45) is 7.20. The van der Waals surface area contributed by atoms with Crippen LogP contribution in [-0.4, -0.2) is 51.9 Å². The summed E-state index contributed by atoms with van der Waals surface area (Å²) in [5, 5.41) is 3.46. The van der Waals surface area contributed by atoms with Crippen LogP contribution < -0.4 is 22.2 Å². The summed E-state index contributed by atoms with van der Waals surface area (Å²) >= 11 is 0. The molecular weight excluding hydrogens is 492 g/mol. The zero-order valence-electron chi connectivity index (χ0n) is 22.6. The second kappa shape index (κ2) is 11.6. The summed E-state index contributed by atoms with van der Waals surface area (Å²) in [7, 11) is 0. The monoisotopic (exact) mass is 530 g/mol. The molecule has 1 aliphatic carbocycles. The van der Waals surface area contributed by atoms with Crippen molar-refractivity contribution in [3.05, 3.63) is 69.0 Å². The minimum absolute atomic E-state index is 0.0414. The summed E-state index contributed by atoms with van der Waals surface area (Å²) in [6.45, 7) is 5.01. The molecule has 9 nitrogen and oxygen atoms in total. The van der Waals surface area contributed by atoms with Crippen LogP contribution in [0.3, 0.4) is 0 Å². The SMILES string of the molecule is CCN1CCCC1CNC(=O)Cc1ccc(Cc2ccc3c(=O)c(C(N)=O)c(N)n(C4CCCC4)c3n2)cc1. The minimum atomic E-state index is -0.814. The quantitative estimate of drug-likeness (QED) is 0.389. The molecule has 39 heavy (non-hydrogen) atoms. The number of rotatable bonds is 9. The smallest absolute Gasteiger partial charge is 0.256 e. The van der Waals surface area contributed by atoms with Gasteiger partial charge in [-0.15, -0.1) is 0 Å². The van der Waals surface area contributed by atoms with E-state index in [1.54, 1.807) is 6.07 Å². The van der Waals surface area contributed by atoms with E-state index in [0.29, 0.717) is 36.5 Å². The number of fused-ring (bicyclic) bond motifs is 1. The molecule has 3 heterocycles. The van der Waals surface area contributed by atoms with Crippen LogP contribution in [0.1, 0.15) is 78.7 Å². The van der Waals surface area contributed by atoms with Gasteiger partial charge in [0.1, 0.15) is 17.0 Å². The fourth-order valence-electron chi connectivity index (χ4n) is 6.21. The number of primary amides is 1. The number of benzene rings is 1. The van der Waals surface area contributed by atoms with E-state index < -0.39 is 11.3 Å².